The Hall–Kier alpha value is -2.28. The third kappa shape index (κ3) is 3.77. The van der Waals surface area contributed by atoms with Gasteiger partial charge in [0.1, 0.15) is 11.4 Å². The lowest BCUT2D eigenvalue weighted by atomic mass is 9.82. The summed E-state index contributed by atoms with van der Waals surface area (Å²) in [7, 11) is 0. The number of alkyl halides is 2. The van der Waals surface area contributed by atoms with Crippen molar-refractivity contribution in [2.24, 2.45) is 0 Å². The first-order valence-electron chi connectivity index (χ1n) is 8.36. The van der Waals surface area contributed by atoms with Crippen molar-refractivity contribution < 1.29 is 22.7 Å². The Balaban J connectivity index is 1.77. The number of aliphatic hydroxyl groups is 1. The molecule has 1 aliphatic rings. The summed E-state index contributed by atoms with van der Waals surface area (Å²) in [5.74, 6) is -3.11. The molecular formula is C19H20F3NO3. The zero-order valence-corrected chi connectivity index (χ0v) is 14.4. The summed E-state index contributed by atoms with van der Waals surface area (Å²) >= 11 is 0. The van der Waals surface area contributed by atoms with E-state index in [1.807, 2.05) is 0 Å². The summed E-state index contributed by atoms with van der Waals surface area (Å²) in [6, 6.07) is 3.56. The highest BCUT2D eigenvalue weighted by atomic mass is 19.3. The second kappa shape index (κ2) is 6.46. The van der Waals surface area contributed by atoms with Crippen LogP contribution in [0.15, 0.2) is 34.0 Å². The van der Waals surface area contributed by atoms with Crippen molar-refractivity contribution in [1.82, 2.24) is 5.32 Å². The first-order chi connectivity index (χ1) is 12.1. The van der Waals surface area contributed by atoms with E-state index in [0.29, 0.717) is 5.56 Å². The maximum Gasteiger partial charge on any atom is 0.248 e. The predicted octanol–water partition coefficient (Wildman–Crippen LogP) is 3.74. The number of hydrogen-bond acceptors (Lipinski definition) is 4. The van der Waals surface area contributed by atoms with Gasteiger partial charge in [-0.2, -0.15) is 0 Å². The quantitative estimate of drug-likeness (QED) is 0.864. The van der Waals surface area contributed by atoms with Crippen LogP contribution in [0, 0.1) is 12.7 Å². The van der Waals surface area contributed by atoms with Crippen LogP contribution < -0.4 is 10.7 Å². The molecule has 0 spiro atoms. The Bertz CT molecular complexity index is 910. The Morgan fingerprint density at radius 1 is 1.27 bits per heavy atom. The molecule has 1 saturated carbocycles. The van der Waals surface area contributed by atoms with E-state index in [1.54, 1.807) is 6.92 Å². The molecule has 4 nitrogen and oxygen atoms in total. The Morgan fingerprint density at radius 3 is 2.58 bits per heavy atom. The molecule has 26 heavy (non-hydrogen) atoms. The molecule has 0 bridgehead atoms. The number of hydrogen-bond donors (Lipinski definition) is 2. The van der Waals surface area contributed by atoms with Crippen molar-refractivity contribution in [2.45, 2.75) is 44.1 Å². The monoisotopic (exact) mass is 367 g/mol. The highest BCUT2D eigenvalue weighted by Gasteiger charge is 2.42. The van der Waals surface area contributed by atoms with Gasteiger partial charge in [0, 0.05) is 25.5 Å². The van der Waals surface area contributed by atoms with E-state index in [2.05, 4.69) is 11.9 Å². The number of nitrogens with one attached hydrogen (secondary N) is 1. The van der Waals surface area contributed by atoms with Crippen LogP contribution >= 0.6 is 0 Å². The first kappa shape index (κ1) is 18.5. The second-order valence-corrected chi connectivity index (χ2v) is 6.99. The maximum absolute atomic E-state index is 13.5. The summed E-state index contributed by atoms with van der Waals surface area (Å²) in [5, 5.41) is 13.4. The van der Waals surface area contributed by atoms with Crippen LogP contribution in [-0.2, 0) is 0 Å². The molecule has 2 N–H and O–H groups in total. The SMILES string of the molecule is C=C(NCC1(O)CCC(F)(F)CC1)c1cc(=O)c2cc(F)cc(C)c2o1. The topological polar surface area (TPSA) is 62.5 Å². The maximum atomic E-state index is 13.5. The van der Waals surface area contributed by atoms with Gasteiger partial charge in [0.25, 0.3) is 0 Å². The van der Waals surface area contributed by atoms with Gasteiger partial charge in [-0.25, -0.2) is 13.2 Å². The Kier molecular flexibility index (Phi) is 4.60. The van der Waals surface area contributed by atoms with Crippen LogP contribution in [0.25, 0.3) is 16.7 Å². The minimum Gasteiger partial charge on any atom is -0.454 e. The number of rotatable bonds is 4. The van der Waals surface area contributed by atoms with E-state index in [0.717, 1.165) is 6.07 Å². The molecule has 0 amide bonds. The highest BCUT2D eigenvalue weighted by molar-refractivity contribution is 5.80. The van der Waals surface area contributed by atoms with E-state index in [9.17, 15) is 23.1 Å². The van der Waals surface area contributed by atoms with E-state index in [1.165, 1.54) is 12.1 Å². The molecule has 1 heterocycles. The fraction of sp³-hybridized carbons (Fsp3) is 0.421. The van der Waals surface area contributed by atoms with Crippen molar-refractivity contribution in [3.05, 3.63) is 52.1 Å². The normalized spacial score (nSPS) is 18.7. The second-order valence-electron chi connectivity index (χ2n) is 6.99. The number of halogens is 3. The number of benzene rings is 1. The molecule has 3 rings (SSSR count). The summed E-state index contributed by atoms with van der Waals surface area (Å²) in [5.41, 5.74) is -0.699. The lowest BCUT2D eigenvalue weighted by Crippen LogP contribution is -2.45. The van der Waals surface area contributed by atoms with Crippen molar-refractivity contribution >= 4 is 16.7 Å². The fourth-order valence-electron chi connectivity index (χ4n) is 3.15. The molecule has 0 aliphatic heterocycles. The van der Waals surface area contributed by atoms with Crippen molar-refractivity contribution in [3.63, 3.8) is 0 Å². The van der Waals surface area contributed by atoms with Gasteiger partial charge in [0.05, 0.1) is 16.7 Å². The Morgan fingerprint density at radius 2 is 1.92 bits per heavy atom. The first-order valence-corrected chi connectivity index (χ1v) is 8.36. The lowest BCUT2D eigenvalue weighted by Gasteiger charge is -2.36. The molecule has 0 radical (unpaired) electrons. The molecule has 2 aromatic rings. The van der Waals surface area contributed by atoms with E-state index in [-0.39, 0.29) is 54.7 Å². The van der Waals surface area contributed by atoms with Gasteiger partial charge >= 0.3 is 0 Å². The summed E-state index contributed by atoms with van der Waals surface area (Å²) in [6.07, 6.45) is -0.790. The Labute approximate surface area is 148 Å². The summed E-state index contributed by atoms with van der Waals surface area (Å²) < 4.78 is 45.6. The predicted molar refractivity (Wildman–Crippen MR) is 92.6 cm³/mol. The van der Waals surface area contributed by atoms with Crippen molar-refractivity contribution in [1.29, 1.82) is 0 Å². The standard InChI is InChI=1S/C19H20F3NO3/c1-11-7-13(20)8-14-15(24)9-16(26-17(11)14)12(2)23-10-18(25)3-5-19(21,22)6-4-18/h7-9,23,25H,2-6,10H2,1H3. The molecule has 1 aromatic carbocycles. The number of fused-ring (bicyclic) bond motifs is 1. The molecule has 0 unspecified atom stereocenters. The zero-order chi connectivity index (χ0) is 19.1. The molecule has 7 heteroatoms. The van der Waals surface area contributed by atoms with Crippen LogP contribution in [0.5, 0.6) is 0 Å². The molecule has 1 aromatic heterocycles. The van der Waals surface area contributed by atoms with Gasteiger partial charge in [-0.15, -0.1) is 0 Å². The van der Waals surface area contributed by atoms with Gasteiger partial charge in [-0.05, 0) is 37.5 Å². The molecule has 140 valence electrons. The minimum atomic E-state index is -2.73. The van der Waals surface area contributed by atoms with Gasteiger partial charge < -0.3 is 14.8 Å². The average molecular weight is 367 g/mol. The van der Waals surface area contributed by atoms with Crippen LogP contribution in [0.3, 0.4) is 0 Å². The largest absolute Gasteiger partial charge is 0.454 e. The van der Waals surface area contributed by atoms with Crippen LogP contribution in [0.4, 0.5) is 13.2 Å². The summed E-state index contributed by atoms with van der Waals surface area (Å²) in [4.78, 5) is 12.2. The van der Waals surface area contributed by atoms with Gasteiger partial charge in [-0.1, -0.05) is 6.58 Å². The van der Waals surface area contributed by atoms with E-state index >= 15 is 0 Å². The van der Waals surface area contributed by atoms with E-state index in [4.69, 9.17) is 4.42 Å². The van der Waals surface area contributed by atoms with Gasteiger partial charge in [-0.3, -0.25) is 4.79 Å². The van der Waals surface area contributed by atoms with E-state index < -0.39 is 22.8 Å². The fourth-order valence-corrected chi connectivity index (χ4v) is 3.15. The average Bonchev–Trinajstić information content (AvgIpc) is 2.57. The summed E-state index contributed by atoms with van der Waals surface area (Å²) in [6.45, 7) is 5.43. The molecule has 0 atom stereocenters. The van der Waals surface area contributed by atoms with Crippen molar-refractivity contribution in [2.75, 3.05) is 6.54 Å². The van der Waals surface area contributed by atoms with Crippen LogP contribution in [0.1, 0.15) is 37.0 Å². The highest BCUT2D eigenvalue weighted by Crippen LogP contribution is 2.38. The smallest absolute Gasteiger partial charge is 0.248 e. The lowest BCUT2D eigenvalue weighted by molar-refractivity contribution is -0.101. The minimum absolute atomic E-state index is 0.0199. The van der Waals surface area contributed by atoms with Gasteiger partial charge in [0.2, 0.25) is 5.92 Å². The van der Waals surface area contributed by atoms with Crippen LogP contribution in [-0.4, -0.2) is 23.2 Å². The third-order valence-electron chi connectivity index (χ3n) is 4.82. The molecular weight excluding hydrogens is 347 g/mol. The molecule has 1 fully saturated rings. The van der Waals surface area contributed by atoms with Crippen LogP contribution in [0.2, 0.25) is 0 Å². The molecule has 0 saturated heterocycles. The van der Waals surface area contributed by atoms with Crippen molar-refractivity contribution in [3.8, 4) is 0 Å². The number of aryl methyl sites for hydroxylation is 1. The van der Waals surface area contributed by atoms with Gasteiger partial charge in [0.15, 0.2) is 11.2 Å². The molecule has 1 aliphatic carbocycles. The third-order valence-corrected chi connectivity index (χ3v) is 4.82. The zero-order valence-electron chi connectivity index (χ0n) is 14.4.